The lowest BCUT2D eigenvalue weighted by molar-refractivity contribution is -0.140. The Kier molecular flexibility index (Phi) is 2.80. The number of nitrogens with one attached hydrogen (secondary N) is 1. The maximum absolute atomic E-state index is 12.0. The molecule has 1 heterocycles. The lowest BCUT2D eigenvalue weighted by atomic mass is 10.4. The number of nitrogens with two attached hydrogens (primary N) is 1. The van der Waals surface area contributed by atoms with Crippen molar-refractivity contribution in [3.8, 4) is 0 Å². The first-order chi connectivity index (χ1) is 6.44. The number of hydrogen-bond acceptors (Lipinski definition) is 2. The van der Waals surface area contributed by atoms with Crippen molar-refractivity contribution in [2.24, 2.45) is 5.84 Å². The minimum atomic E-state index is -4.36. The standard InChI is InChI=1S/C7H8F3N3O/c8-7(9,10)4-13-3-1-2-5(13)6(14)12-11/h1-3H,4,11H2,(H,12,14). The molecule has 1 rings (SSSR count). The largest absolute Gasteiger partial charge is 0.406 e. The van der Waals surface area contributed by atoms with Gasteiger partial charge in [-0.05, 0) is 12.1 Å². The van der Waals surface area contributed by atoms with Crippen molar-refractivity contribution in [3.05, 3.63) is 24.0 Å². The van der Waals surface area contributed by atoms with Crippen LogP contribution in [0.2, 0.25) is 0 Å². The van der Waals surface area contributed by atoms with Crippen molar-refractivity contribution in [2.45, 2.75) is 12.7 Å². The second-order valence-corrected chi connectivity index (χ2v) is 2.61. The van der Waals surface area contributed by atoms with Gasteiger partial charge in [0.05, 0.1) is 0 Å². The molecule has 1 amide bonds. The maximum atomic E-state index is 12.0. The van der Waals surface area contributed by atoms with Gasteiger partial charge in [0.15, 0.2) is 0 Å². The summed E-state index contributed by atoms with van der Waals surface area (Å²) < 4.78 is 36.7. The van der Waals surface area contributed by atoms with Crippen molar-refractivity contribution in [3.63, 3.8) is 0 Å². The fraction of sp³-hybridized carbons (Fsp3) is 0.286. The minimum absolute atomic E-state index is 0.121. The average Bonchev–Trinajstić information content (AvgIpc) is 2.48. The molecule has 3 N–H and O–H groups in total. The number of rotatable bonds is 2. The van der Waals surface area contributed by atoms with E-state index < -0.39 is 18.6 Å². The molecule has 14 heavy (non-hydrogen) atoms. The maximum Gasteiger partial charge on any atom is 0.406 e. The molecule has 1 aromatic heterocycles. The van der Waals surface area contributed by atoms with Gasteiger partial charge in [-0.15, -0.1) is 0 Å². The Bertz CT molecular complexity index is 331. The van der Waals surface area contributed by atoms with Crippen LogP contribution < -0.4 is 11.3 Å². The van der Waals surface area contributed by atoms with Gasteiger partial charge in [-0.2, -0.15) is 13.2 Å². The number of carbonyl (C=O) groups is 1. The Morgan fingerprint density at radius 2 is 2.21 bits per heavy atom. The summed E-state index contributed by atoms with van der Waals surface area (Å²) in [4.78, 5) is 11.0. The van der Waals surface area contributed by atoms with Crippen molar-refractivity contribution in [1.82, 2.24) is 9.99 Å². The first kappa shape index (κ1) is 10.6. The van der Waals surface area contributed by atoms with Crippen LogP contribution in [0.4, 0.5) is 13.2 Å². The lowest BCUT2D eigenvalue weighted by Crippen LogP contribution is -2.32. The van der Waals surface area contributed by atoms with E-state index in [1.807, 2.05) is 0 Å². The Morgan fingerprint density at radius 1 is 1.57 bits per heavy atom. The van der Waals surface area contributed by atoms with Gasteiger partial charge in [0.1, 0.15) is 12.2 Å². The van der Waals surface area contributed by atoms with Crippen molar-refractivity contribution >= 4 is 5.91 Å². The number of amides is 1. The number of nitrogen functional groups attached to an aromatic ring is 1. The number of nitrogens with zero attached hydrogens (tertiary/aromatic N) is 1. The van der Waals surface area contributed by atoms with Gasteiger partial charge < -0.3 is 4.57 Å². The van der Waals surface area contributed by atoms with Crippen LogP contribution in [-0.2, 0) is 6.54 Å². The molecule has 0 bridgehead atoms. The van der Waals surface area contributed by atoms with Gasteiger partial charge in [-0.25, -0.2) is 5.84 Å². The highest BCUT2D eigenvalue weighted by atomic mass is 19.4. The lowest BCUT2D eigenvalue weighted by Gasteiger charge is -2.10. The monoisotopic (exact) mass is 207 g/mol. The van der Waals surface area contributed by atoms with Crippen LogP contribution in [0.5, 0.6) is 0 Å². The third kappa shape index (κ3) is 2.49. The summed E-state index contributed by atoms with van der Waals surface area (Å²) in [5.41, 5.74) is 1.65. The van der Waals surface area contributed by atoms with E-state index in [2.05, 4.69) is 0 Å². The van der Waals surface area contributed by atoms with E-state index >= 15 is 0 Å². The number of carbonyl (C=O) groups excluding carboxylic acids is 1. The highest BCUT2D eigenvalue weighted by molar-refractivity contribution is 5.92. The van der Waals surface area contributed by atoms with Gasteiger partial charge in [-0.3, -0.25) is 10.2 Å². The number of hydrogen-bond donors (Lipinski definition) is 2. The summed E-state index contributed by atoms with van der Waals surface area (Å²) in [5, 5.41) is 0. The molecule has 0 saturated carbocycles. The summed E-state index contributed by atoms with van der Waals surface area (Å²) in [5.74, 6) is 4.05. The smallest absolute Gasteiger partial charge is 0.334 e. The zero-order valence-electron chi connectivity index (χ0n) is 7.01. The van der Waals surface area contributed by atoms with E-state index in [1.54, 1.807) is 5.43 Å². The molecule has 0 aliphatic heterocycles. The molecule has 78 valence electrons. The SMILES string of the molecule is NNC(=O)c1cccn1CC(F)(F)F. The molecule has 1 aromatic rings. The summed E-state index contributed by atoms with van der Waals surface area (Å²) in [6.07, 6.45) is -3.19. The third-order valence-corrected chi connectivity index (χ3v) is 1.54. The molecule has 0 radical (unpaired) electrons. The number of hydrazine groups is 1. The molecule has 0 unspecified atom stereocenters. The highest BCUT2D eigenvalue weighted by Crippen LogP contribution is 2.18. The molecular formula is C7H8F3N3O. The van der Waals surface area contributed by atoms with Gasteiger partial charge in [0.25, 0.3) is 5.91 Å². The molecule has 0 spiro atoms. The number of aromatic nitrogens is 1. The molecular weight excluding hydrogens is 199 g/mol. The molecule has 0 aromatic carbocycles. The van der Waals surface area contributed by atoms with Crippen molar-refractivity contribution in [2.75, 3.05) is 0 Å². The van der Waals surface area contributed by atoms with Gasteiger partial charge in [0.2, 0.25) is 0 Å². The molecule has 0 atom stereocenters. The normalized spacial score (nSPS) is 11.4. The topological polar surface area (TPSA) is 60.0 Å². The molecule has 4 nitrogen and oxygen atoms in total. The first-order valence-corrected chi connectivity index (χ1v) is 3.67. The molecule has 0 fully saturated rings. The van der Waals surface area contributed by atoms with E-state index in [1.165, 1.54) is 12.1 Å². The number of alkyl halides is 3. The van der Waals surface area contributed by atoms with Gasteiger partial charge in [0, 0.05) is 6.20 Å². The molecule has 0 aliphatic carbocycles. The minimum Gasteiger partial charge on any atom is -0.334 e. The Balaban J connectivity index is 2.88. The third-order valence-electron chi connectivity index (χ3n) is 1.54. The zero-order chi connectivity index (χ0) is 10.8. The average molecular weight is 207 g/mol. The van der Waals surface area contributed by atoms with Crippen LogP contribution in [-0.4, -0.2) is 16.7 Å². The van der Waals surface area contributed by atoms with Crippen molar-refractivity contribution in [1.29, 1.82) is 0 Å². The Morgan fingerprint density at radius 3 is 2.71 bits per heavy atom. The number of halogens is 3. The second-order valence-electron chi connectivity index (χ2n) is 2.61. The van der Waals surface area contributed by atoms with Crippen LogP contribution in [0.25, 0.3) is 0 Å². The van der Waals surface area contributed by atoms with Gasteiger partial charge >= 0.3 is 6.18 Å². The molecule has 0 saturated heterocycles. The predicted molar refractivity (Wildman–Crippen MR) is 42.1 cm³/mol. The van der Waals surface area contributed by atoms with E-state index in [9.17, 15) is 18.0 Å². The Hall–Kier alpha value is -1.50. The van der Waals surface area contributed by atoms with Crippen LogP contribution in [0.3, 0.4) is 0 Å². The van der Waals surface area contributed by atoms with E-state index in [0.29, 0.717) is 0 Å². The molecule has 7 heteroatoms. The predicted octanol–water partition coefficient (Wildman–Crippen LogP) is 0.654. The first-order valence-electron chi connectivity index (χ1n) is 3.67. The fourth-order valence-electron chi connectivity index (χ4n) is 1.03. The van der Waals surface area contributed by atoms with Crippen LogP contribution in [0, 0.1) is 0 Å². The van der Waals surface area contributed by atoms with Crippen molar-refractivity contribution < 1.29 is 18.0 Å². The summed E-state index contributed by atoms with van der Waals surface area (Å²) in [6, 6.07) is 2.60. The quantitative estimate of drug-likeness (QED) is 0.425. The van der Waals surface area contributed by atoms with E-state index in [-0.39, 0.29) is 5.69 Å². The van der Waals surface area contributed by atoms with Crippen LogP contribution >= 0.6 is 0 Å². The van der Waals surface area contributed by atoms with E-state index in [4.69, 9.17) is 5.84 Å². The highest BCUT2D eigenvalue weighted by Gasteiger charge is 2.29. The second kappa shape index (κ2) is 3.70. The zero-order valence-corrected chi connectivity index (χ0v) is 7.01. The molecule has 0 aliphatic rings. The summed E-state index contributed by atoms with van der Waals surface area (Å²) >= 11 is 0. The van der Waals surface area contributed by atoms with Crippen LogP contribution in [0.15, 0.2) is 18.3 Å². The fourth-order valence-corrected chi connectivity index (χ4v) is 1.03. The van der Waals surface area contributed by atoms with Crippen LogP contribution in [0.1, 0.15) is 10.5 Å². The van der Waals surface area contributed by atoms with E-state index in [0.717, 1.165) is 10.8 Å². The van der Waals surface area contributed by atoms with Gasteiger partial charge in [-0.1, -0.05) is 0 Å². The Labute approximate surface area is 77.5 Å². The summed E-state index contributed by atoms with van der Waals surface area (Å²) in [7, 11) is 0. The summed E-state index contributed by atoms with van der Waals surface area (Å²) in [6.45, 7) is -1.21.